The molecule has 0 bridgehead atoms. The quantitative estimate of drug-likeness (QED) is 0.810. The van der Waals surface area contributed by atoms with Gasteiger partial charge in [0.15, 0.2) is 9.84 Å². The van der Waals surface area contributed by atoms with E-state index >= 15 is 0 Å². The Balaban J connectivity index is 1.94. The van der Waals surface area contributed by atoms with Gasteiger partial charge >= 0.3 is 0 Å². The number of hydrogen-bond donors (Lipinski definition) is 0. The summed E-state index contributed by atoms with van der Waals surface area (Å²) in [5.74, 6) is -0.321. The molecule has 0 N–H and O–H groups in total. The average Bonchev–Trinajstić information content (AvgIpc) is 2.58. The number of carbonyl (C=O) groups is 1. The number of Topliss-reactive ketones (excluding diaryl/α,β-unsaturated/α-hetero) is 1. The Hall–Kier alpha value is -1.68. The van der Waals surface area contributed by atoms with Crippen LogP contribution < -0.4 is 0 Å². The van der Waals surface area contributed by atoms with Crippen molar-refractivity contribution in [2.75, 3.05) is 0 Å². The van der Waals surface area contributed by atoms with Gasteiger partial charge in [-0.25, -0.2) is 8.42 Å². The van der Waals surface area contributed by atoms with Gasteiger partial charge < -0.3 is 0 Å². The van der Waals surface area contributed by atoms with E-state index in [-0.39, 0.29) is 17.1 Å². The zero-order valence-electron chi connectivity index (χ0n) is 15.1. The zero-order chi connectivity index (χ0) is 18.2. The minimum atomic E-state index is -3.52. The van der Waals surface area contributed by atoms with Crippen LogP contribution in [0.5, 0.6) is 0 Å². The molecule has 2 aliphatic carbocycles. The van der Waals surface area contributed by atoms with Crippen LogP contribution in [0, 0.1) is 24.2 Å². The summed E-state index contributed by atoms with van der Waals surface area (Å²) in [7, 11) is -3.52. The summed E-state index contributed by atoms with van der Waals surface area (Å²) in [4.78, 5) is 13.0. The van der Waals surface area contributed by atoms with E-state index in [4.69, 9.17) is 0 Å². The van der Waals surface area contributed by atoms with Gasteiger partial charge in [-0.3, -0.25) is 4.79 Å². The standard InChI is InChI=1S/C21H26O3S/c1-15-7-9-18(10-8-15)25(23,24)20-14-17(13-19(22)16(20)2)21(3)11-5-4-6-12-21/h4-11,16-17,20H,12-14H2,1-3H3. The maximum Gasteiger partial charge on any atom is 0.181 e. The van der Waals surface area contributed by atoms with Crippen LogP contribution in [0.2, 0.25) is 0 Å². The van der Waals surface area contributed by atoms with Gasteiger partial charge in [-0.1, -0.05) is 55.8 Å². The van der Waals surface area contributed by atoms with Crippen LogP contribution in [-0.2, 0) is 14.6 Å². The lowest BCUT2D eigenvalue weighted by atomic mass is 9.65. The maximum absolute atomic E-state index is 13.2. The van der Waals surface area contributed by atoms with Crippen molar-refractivity contribution in [1.29, 1.82) is 0 Å². The maximum atomic E-state index is 13.2. The second-order valence-electron chi connectivity index (χ2n) is 7.79. The molecule has 3 rings (SSSR count). The van der Waals surface area contributed by atoms with Crippen LogP contribution in [0.4, 0.5) is 0 Å². The Morgan fingerprint density at radius 2 is 1.80 bits per heavy atom. The summed E-state index contributed by atoms with van der Waals surface area (Å²) in [6, 6.07) is 6.96. The number of benzene rings is 1. The van der Waals surface area contributed by atoms with E-state index in [2.05, 4.69) is 19.1 Å². The molecule has 3 nitrogen and oxygen atoms in total. The molecule has 4 unspecified atom stereocenters. The SMILES string of the molecule is Cc1ccc(S(=O)(=O)C2CC(C3(C)C=CC=CC3)CC(=O)C2C)cc1. The number of hydrogen-bond acceptors (Lipinski definition) is 3. The fourth-order valence-electron chi connectivity index (χ4n) is 4.05. The normalized spacial score (nSPS) is 32.8. The van der Waals surface area contributed by atoms with Crippen molar-refractivity contribution in [3.63, 3.8) is 0 Å². The van der Waals surface area contributed by atoms with E-state index in [1.54, 1.807) is 19.1 Å². The van der Waals surface area contributed by atoms with Crippen molar-refractivity contribution in [3.05, 3.63) is 54.1 Å². The topological polar surface area (TPSA) is 51.2 Å². The Morgan fingerprint density at radius 3 is 2.40 bits per heavy atom. The fraction of sp³-hybridized carbons (Fsp3) is 0.476. The summed E-state index contributed by atoms with van der Waals surface area (Å²) < 4.78 is 26.4. The molecule has 1 fully saturated rings. The minimum absolute atomic E-state index is 0.0580. The fourth-order valence-corrected chi connectivity index (χ4v) is 6.09. The molecule has 0 spiro atoms. The van der Waals surface area contributed by atoms with Crippen LogP contribution in [0.1, 0.15) is 38.7 Å². The highest BCUT2D eigenvalue weighted by molar-refractivity contribution is 7.92. The number of allylic oxidation sites excluding steroid dienone is 4. The van der Waals surface area contributed by atoms with Gasteiger partial charge in [0.1, 0.15) is 5.78 Å². The molecule has 4 atom stereocenters. The van der Waals surface area contributed by atoms with Gasteiger partial charge in [-0.2, -0.15) is 0 Å². The summed E-state index contributed by atoms with van der Waals surface area (Å²) in [5.41, 5.74) is 0.877. The zero-order valence-corrected chi connectivity index (χ0v) is 15.9. The third kappa shape index (κ3) is 3.37. The molecule has 0 saturated heterocycles. The first-order valence-corrected chi connectivity index (χ1v) is 10.5. The van der Waals surface area contributed by atoms with Crippen LogP contribution >= 0.6 is 0 Å². The summed E-state index contributed by atoms with van der Waals surface area (Å²) in [5, 5.41) is -0.641. The average molecular weight is 359 g/mol. The van der Waals surface area contributed by atoms with Gasteiger partial charge in [0.25, 0.3) is 0 Å². The highest BCUT2D eigenvalue weighted by Crippen LogP contribution is 2.46. The van der Waals surface area contributed by atoms with E-state index in [1.807, 2.05) is 31.2 Å². The molecule has 25 heavy (non-hydrogen) atoms. The van der Waals surface area contributed by atoms with Crippen LogP contribution in [0.15, 0.2) is 53.5 Å². The number of rotatable bonds is 3. The third-order valence-electron chi connectivity index (χ3n) is 5.99. The van der Waals surface area contributed by atoms with Crippen LogP contribution in [0.3, 0.4) is 0 Å². The van der Waals surface area contributed by atoms with Crippen molar-refractivity contribution >= 4 is 15.6 Å². The molecule has 0 aromatic heterocycles. The van der Waals surface area contributed by atoms with Crippen molar-refractivity contribution < 1.29 is 13.2 Å². The smallest absolute Gasteiger partial charge is 0.181 e. The lowest BCUT2D eigenvalue weighted by Crippen LogP contribution is -2.44. The first-order chi connectivity index (χ1) is 11.7. The first-order valence-electron chi connectivity index (χ1n) is 8.92. The highest BCUT2D eigenvalue weighted by atomic mass is 32.2. The van der Waals surface area contributed by atoms with E-state index < -0.39 is 21.0 Å². The Morgan fingerprint density at radius 1 is 1.12 bits per heavy atom. The molecule has 0 radical (unpaired) electrons. The van der Waals surface area contributed by atoms with Crippen molar-refractivity contribution in [1.82, 2.24) is 0 Å². The Labute approximate surface area is 150 Å². The molecular formula is C21H26O3S. The van der Waals surface area contributed by atoms with Crippen molar-refractivity contribution in [3.8, 4) is 0 Å². The number of carbonyl (C=O) groups excluding carboxylic acids is 1. The molecule has 0 aliphatic heterocycles. The van der Waals surface area contributed by atoms with Gasteiger partial charge in [0.2, 0.25) is 0 Å². The van der Waals surface area contributed by atoms with Gasteiger partial charge in [-0.15, -0.1) is 0 Å². The summed E-state index contributed by atoms with van der Waals surface area (Å²) in [6.45, 7) is 5.84. The van der Waals surface area contributed by atoms with E-state index in [1.165, 1.54) is 0 Å². The predicted molar refractivity (Wildman–Crippen MR) is 100 cm³/mol. The van der Waals surface area contributed by atoms with E-state index in [0.717, 1.165) is 12.0 Å². The second-order valence-corrected chi connectivity index (χ2v) is 9.95. The van der Waals surface area contributed by atoms with Crippen molar-refractivity contribution in [2.24, 2.45) is 17.3 Å². The molecule has 4 heteroatoms. The Kier molecular flexibility index (Phi) is 4.76. The summed E-state index contributed by atoms with van der Waals surface area (Å²) >= 11 is 0. The van der Waals surface area contributed by atoms with E-state index in [0.29, 0.717) is 17.7 Å². The van der Waals surface area contributed by atoms with Gasteiger partial charge in [-0.05, 0) is 43.2 Å². The third-order valence-corrected chi connectivity index (χ3v) is 8.32. The van der Waals surface area contributed by atoms with Crippen LogP contribution in [0.25, 0.3) is 0 Å². The predicted octanol–water partition coefficient (Wildman–Crippen LogP) is 4.27. The number of sulfone groups is 1. The number of aryl methyl sites for hydroxylation is 1. The second kappa shape index (κ2) is 6.56. The molecule has 2 aliphatic rings. The highest BCUT2D eigenvalue weighted by Gasteiger charge is 2.46. The largest absolute Gasteiger partial charge is 0.299 e. The molecule has 0 heterocycles. The lowest BCUT2D eigenvalue weighted by molar-refractivity contribution is -0.126. The van der Waals surface area contributed by atoms with Gasteiger partial charge in [0, 0.05) is 12.3 Å². The molecule has 1 aromatic carbocycles. The van der Waals surface area contributed by atoms with Crippen LogP contribution in [-0.4, -0.2) is 19.5 Å². The molecule has 1 saturated carbocycles. The minimum Gasteiger partial charge on any atom is -0.299 e. The molecule has 0 amide bonds. The molecule has 134 valence electrons. The first kappa shape index (κ1) is 18.1. The molecule has 1 aromatic rings. The number of ketones is 1. The lowest BCUT2D eigenvalue weighted by Gasteiger charge is -2.42. The molecular weight excluding hydrogens is 332 g/mol. The summed E-state index contributed by atoms with van der Waals surface area (Å²) in [6.07, 6.45) is 10.1. The van der Waals surface area contributed by atoms with E-state index in [9.17, 15) is 13.2 Å². The Bertz CT molecular complexity index is 817. The monoisotopic (exact) mass is 358 g/mol. The van der Waals surface area contributed by atoms with Crippen molar-refractivity contribution in [2.45, 2.75) is 50.2 Å². The van der Waals surface area contributed by atoms with Gasteiger partial charge in [0.05, 0.1) is 10.1 Å².